The molecule has 2 aromatic carbocycles. The minimum absolute atomic E-state index is 0.199. The molecule has 1 fully saturated rings. The zero-order valence-corrected chi connectivity index (χ0v) is 22.6. The number of hydrogen-bond acceptors (Lipinski definition) is 6. The van der Waals surface area contributed by atoms with Crippen LogP contribution >= 0.6 is 0 Å². The quantitative estimate of drug-likeness (QED) is 0.531. The maximum absolute atomic E-state index is 13.9. The van der Waals surface area contributed by atoms with E-state index in [4.69, 9.17) is 10.5 Å². The Morgan fingerprint density at radius 2 is 1.82 bits per heavy atom. The third-order valence-electron chi connectivity index (χ3n) is 7.33. The molecule has 2 atom stereocenters. The molecule has 0 aliphatic carbocycles. The van der Waals surface area contributed by atoms with Crippen molar-refractivity contribution in [3.05, 3.63) is 71.4 Å². The summed E-state index contributed by atoms with van der Waals surface area (Å²) in [6.45, 7) is 6.51. The van der Waals surface area contributed by atoms with Crippen molar-refractivity contribution in [1.29, 1.82) is 0 Å². The first kappa shape index (κ1) is 26.5. The predicted octanol–water partition coefficient (Wildman–Crippen LogP) is 3.79. The molecule has 204 valence electrons. The number of rotatable bonds is 4. The molecule has 1 saturated heterocycles. The maximum Gasteiger partial charge on any atom is 0.411 e. The average molecular weight is 530 g/mol. The monoisotopic (exact) mass is 529 g/mol. The molecule has 2 aliphatic heterocycles. The van der Waals surface area contributed by atoms with Gasteiger partial charge in [0.15, 0.2) is 0 Å². The first-order chi connectivity index (χ1) is 18.6. The molecule has 0 bridgehead atoms. The Kier molecular flexibility index (Phi) is 7.16. The van der Waals surface area contributed by atoms with Gasteiger partial charge in [-0.2, -0.15) is 0 Å². The number of hydrogen-bond donors (Lipinski definition) is 2. The number of aromatic nitrogens is 1. The van der Waals surface area contributed by atoms with Crippen molar-refractivity contribution in [3.63, 3.8) is 0 Å². The van der Waals surface area contributed by atoms with Gasteiger partial charge in [0.25, 0.3) is 0 Å². The van der Waals surface area contributed by atoms with E-state index < -0.39 is 23.8 Å². The molecular weight excluding hydrogens is 494 g/mol. The highest BCUT2D eigenvalue weighted by Crippen LogP contribution is 2.29. The smallest absolute Gasteiger partial charge is 0.411 e. The van der Waals surface area contributed by atoms with Crippen molar-refractivity contribution in [2.45, 2.75) is 70.8 Å². The van der Waals surface area contributed by atoms with Crippen molar-refractivity contribution in [2.75, 3.05) is 12.3 Å². The summed E-state index contributed by atoms with van der Waals surface area (Å²) in [6.07, 6.45) is 2.82. The molecule has 39 heavy (non-hydrogen) atoms. The van der Waals surface area contributed by atoms with Gasteiger partial charge in [0.05, 0.1) is 6.54 Å². The molecule has 3 amide bonds. The molecule has 0 radical (unpaired) electrons. The minimum atomic E-state index is -0.734. The Bertz CT molecular complexity index is 1420. The van der Waals surface area contributed by atoms with Crippen molar-refractivity contribution in [2.24, 2.45) is 0 Å². The van der Waals surface area contributed by atoms with Gasteiger partial charge in [-0.15, -0.1) is 0 Å². The van der Waals surface area contributed by atoms with E-state index in [1.165, 1.54) is 4.90 Å². The molecular formula is C30H35N5O4. The number of nitrogen functional groups attached to an aromatic ring is 1. The van der Waals surface area contributed by atoms with Gasteiger partial charge in [0.1, 0.15) is 23.5 Å². The second kappa shape index (κ2) is 10.6. The zero-order valence-electron chi connectivity index (χ0n) is 22.6. The van der Waals surface area contributed by atoms with Crippen LogP contribution in [0.4, 0.5) is 10.6 Å². The van der Waals surface area contributed by atoms with Gasteiger partial charge in [-0.3, -0.25) is 14.5 Å². The topological polar surface area (TPSA) is 118 Å². The lowest BCUT2D eigenvalue weighted by Gasteiger charge is -2.39. The summed E-state index contributed by atoms with van der Waals surface area (Å²) in [6, 6.07) is 14.2. The molecule has 3 N–H and O–H groups in total. The van der Waals surface area contributed by atoms with Gasteiger partial charge in [-0.05, 0) is 67.8 Å². The van der Waals surface area contributed by atoms with Crippen LogP contribution in [0.3, 0.4) is 0 Å². The molecule has 9 heteroatoms. The SMILES string of the molecule is CC(C)(C)OC(=O)N1Cc2ccccc2C[C@@H]1C(=O)N1CCC[C@H]1C(=O)NCc1ccc2c(N)nccc2c1. The minimum Gasteiger partial charge on any atom is -0.444 e. The lowest BCUT2D eigenvalue weighted by atomic mass is 9.93. The Hall–Kier alpha value is -4.14. The molecule has 3 aromatic rings. The van der Waals surface area contributed by atoms with Crippen molar-refractivity contribution < 1.29 is 19.1 Å². The fourth-order valence-corrected chi connectivity index (χ4v) is 5.42. The lowest BCUT2D eigenvalue weighted by Crippen LogP contribution is -2.57. The number of ether oxygens (including phenoxy) is 1. The second-order valence-corrected chi connectivity index (χ2v) is 11.3. The van der Waals surface area contributed by atoms with Gasteiger partial charge in [-0.1, -0.05) is 36.4 Å². The van der Waals surface area contributed by atoms with E-state index in [1.807, 2.05) is 69.3 Å². The summed E-state index contributed by atoms with van der Waals surface area (Å²) in [5.74, 6) is 0.0471. The largest absolute Gasteiger partial charge is 0.444 e. The van der Waals surface area contributed by atoms with Crippen LogP contribution in [0.25, 0.3) is 10.8 Å². The first-order valence-electron chi connectivity index (χ1n) is 13.4. The Morgan fingerprint density at radius 3 is 2.59 bits per heavy atom. The van der Waals surface area contributed by atoms with Crippen molar-refractivity contribution in [1.82, 2.24) is 20.1 Å². The molecule has 2 aliphatic rings. The maximum atomic E-state index is 13.9. The standard InChI is InChI=1S/C30H35N5O4/c1-30(2,3)39-29(38)35-18-22-8-5-4-7-20(22)16-25(35)28(37)34-14-6-9-24(34)27(36)33-17-19-10-11-23-21(15-19)12-13-32-26(23)31/h4-5,7-8,10-13,15,24-25H,6,9,14,16-18H2,1-3H3,(H2,31,32)(H,33,36)/t24-,25+/m0/s1. The molecule has 0 saturated carbocycles. The summed E-state index contributed by atoms with van der Waals surface area (Å²) < 4.78 is 5.66. The number of carbonyl (C=O) groups excluding carboxylic acids is 3. The Labute approximate surface area is 228 Å². The van der Waals surface area contributed by atoms with Crippen molar-refractivity contribution >= 4 is 34.5 Å². The summed E-state index contributed by atoms with van der Waals surface area (Å²) in [4.78, 5) is 47.7. The van der Waals surface area contributed by atoms with Crippen LogP contribution in [0, 0.1) is 0 Å². The van der Waals surface area contributed by atoms with E-state index in [2.05, 4.69) is 10.3 Å². The van der Waals surface area contributed by atoms with Gasteiger partial charge < -0.3 is 20.7 Å². The number of carbonyl (C=O) groups is 3. The Morgan fingerprint density at radius 1 is 1.05 bits per heavy atom. The van der Waals surface area contributed by atoms with Gasteiger partial charge in [0.2, 0.25) is 11.8 Å². The number of benzene rings is 2. The van der Waals surface area contributed by atoms with Gasteiger partial charge in [-0.25, -0.2) is 9.78 Å². The number of pyridine rings is 1. The highest BCUT2D eigenvalue weighted by molar-refractivity contribution is 5.93. The van der Waals surface area contributed by atoms with E-state index in [1.54, 1.807) is 11.1 Å². The highest BCUT2D eigenvalue weighted by atomic mass is 16.6. The number of fused-ring (bicyclic) bond motifs is 2. The van der Waals surface area contributed by atoms with Gasteiger partial charge in [0, 0.05) is 31.1 Å². The average Bonchev–Trinajstić information content (AvgIpc) is 3.40. The lowest BCUT2D eigenvalue weighted by molar-refractivity contribution is -0.143. The van der Waals surface area contributed by atoms with E-state index in [-0.39, 0.29) is 18.4 Å². The highest BCUT2D eigenvalue weighted by Gasteiger charge is 2.43. The summed E-state index contributed by atoms with van der Waals surface area (Å²) in [7, 11) is 0. The second-order valence-electron chi connectivity index (χ2n) is 11.3. The summed E-state index contributed by atoms with van der Waals surface area (Å²) >= 11 is 0. The first-order valence-corrected chi connectivity index (χ1v) is 13.4. The number of amides is 3. The van der Waals surface area contributed by atoms with Crippen LogP contribution < -0.4 is 11.1 Å². The van der Waals surface area contributed by atoms with Gasteiger partial charge >= 0.3 is 6.09 Å². The van der Waals surface area contributed by atoms with Crippen LogP contribution in [0.15, 0.2) is 54.7 Å². The van der Waals surface area contributed by atoms with E-state index in [0.717, 1.165) is 33.9 Å². The number of nitrogens with two attached hydrogens (primary N) is 1. The van der Waals surface area contributed by atoms with Crippen LogP contribution in [0.1, 0.15) is 50.3 Å². The zero-order chi connectivity index (χ0) is 27.7. The third kappa shape index (κ3) is 5.67. The summed E-state index contributed by atoms with van der Waals surface area (Å²) in [5, 5.41) is 4.82. The van der Waals surface area contributed by atoms with Crippen LogP contribution in [0.2, 0.25) is 0 Å². The predicted molar refractivity (Wildman–Crippen MR) is 148 cm³/mol. The van der Waals surface area contributed by atoms with E-state index in [9.17, 15) is 14.4 Å². The fourth-order valence-electron chi connectivity index (χ4n) is 5.42. The number of likely N-dealkylation sites (tertiary alicyclic amines) is 1. The summed E-state index contributed by atoms with van der Waals surface area (Å²) in [5.41, 5.74) is 8.21. The van der Waals surface area contributed by atoms with Crippen LogP contribution in [-0.4, -0.2) is 56.9 Å². The molecule has 0 unspecified atom stereocenters. The normalized spacial score (nSPS) is 19.1. The fraction of sp³-hybridized carbons (Fsp3) is 0.400. The van der Waals surface area contributed by atoms with E-state index in [0.29, 0.717) is 31.7 Å². The molecule has 9 nitrogen and oxygen atoms in total. The number of nitrogens with zero attached hydrogens (tertiary/aromatic N) is 3. The number of nitrogens with one attached hydrogen (secondary N) is 1. The van der Waals surface area contributed by atoms with Crippen LogP contribution in [-0.2, 0) is 33.8 Å². The molecule has 5 rings (SSSR count). The number of anilines is 1. The third-order valence-corrected chi connectivity index (χ3v) is 7.33. The molecule has 0 spiro atoms. The Balaban J connectivity index is 1.31. The molecule has 1 aromatic heterocycles. The van der Waals surface area contributed by atoms with E-state index >= 15 is 0 Å². The van der Waals surface area contributed by atoms with Crippen LogP contribution in [0.5, 0.6) is 0 Å². The molecule has 3 heterocycles. The van der Waals surface area contributed by atoms with Crippen molar-refractivity contribution in [3.8, 4) is 0 Å².